The Kier molecular flexibility index (Phi) is 5.68. The Bertz CT molecular complexity index is 1020. The highest BCUT2D eigenvalue weighted by Gasteiger charge is 2.54. The fraction of sp³-hybridized carbons (Fsp3) is 0.318. The van der Waals surface area contributed by atoms with Gasteiger partial charge in [0.1, 0.15) is 11.5 Å². The zero-order valence-corrected chi connectivity index (χ0v) is 17.2. The van der Waals surface area contributed by atoms with E-state index in [1.54, 1.807) is 29.2 Å². The van der Waals surface area contributed by atoms with Crippen molar-refractivity contribution in [2.24, 2.45) is 0 Å². The summed E-state index contributed by atoms with van der Waals surface area (Å²) in [5.41, 5.74) is -0.589. The van der Waals surface area contributed by atoms with E-state index in [2.05, 4.69) is 0 Å². The number of carbonyl (C=O) groups is 3. The molecule has 4 rings (SSSR count). The number of ether oxygens (including phenoxy) is 1. The third kappa shape index (κ3) is 3.88. The summed E-state index contributed by atoms with van der Waals surface area (Å²) in [6.07, 6.45) is 0.500. The number of carboxylic acid groups (broad SMARTS) is 1. The summed E-state index contributed by atoms with van der Waals surface area (Å²) in [6.45, 7) is 0.383. The minimum atomic E-state index is -1.18. The third-order valence-electron chi connectivity index (χ3n) is 5.79. The molecule has 2 saturated heterocycles. The first kappa shape index (κ1) is 21.3. The maximum atomic E-state index is 13.3. The molecule has 2 aliphatic rings. The number of rotatable bonds is 3. The standard InChI is InChI=1S/C22H20ClFN2O5/c23-17-4-2-1-3-16(17)20(28)25-11-9-22(10-12-25)26(18(13-31-22)21(29)30)19(27)14-5-7-15(24)8-6-14/h1-8,18H,9-13H2,(H,29,30). The van der Waals surface area contributed by atoms with E-state index in [1.807, 2.05) is 0 Å². The summed E-state index contributed by atoms with van der Waals surface area (Å²) in [4.78, 5) is 40.7. The Morgan fingerprint density at radius 1 is 1.03 bits per heavy atom. The van der Waals surface area contributed by atoms with Gasteiger partial charge in [0.15, 0.2) is 6.04 Å². The largest absolute Gasteiger partial charge is 0.480 e. The highest BCUT2D eigenvalue weighted by Crippen LogP contribution is 2.39. The first-order chi connectivity index (χ1) is 14.8. The fourth-order valence-electron chi connectivity index (χ4n) is 4.15. The van der Waals surface area contributed by atoms with Gasteiger partial charge in [0.25, 0.3) is 11.8 Å². The Morgan fingerprint density at radius 2 is 1.68 bits per heavy atom. The summed E-state index contributed by atoms with van der Waals surface area (Å²) in [6, 6.07) is 10.5. The van der Waals surface area contributed by atoms with Crippen molar-refractivity contribution in [3.63, 3.8) is 0 Å². The van der Waals surface area contributed by atoms with E-state index in [4.69, 9.17) is 16.3 Å². The van der Waals surface area contributed by atoms with Crippen LogP contribution in [0.1, 0.15) is 33.6 Å². The first-order valence-electron chi connectivity index (χ1n) is 9.82. The van der Waals surface area contributed by atoms with Crippen molar-refractivity contribution >= 4 is 29.4 Å². The molecule has 2 aliphatic heterocycles. The molecule has 0 aliphatic carbocycles. The molecule has 0 radical (unpaired) electrons. The molecule has 7 nitrogen and oxygen atoms in total. The number of hydrogen-bond acceptors (Lipinski definition) is 4. The highest BCUT2D eigenvalue weighted by atomic mass is 35.5. The van der Waals surface area contributed by atoms with Crippen molar-refractivity contribution in [2.45, 2.75) is 24.6 Å². The van der Waals surface area contributed by atoms with E-state index in [9.17, 15) is 23.9 Å². The van der Waals surface area contributed by atoms with Crippen molar-refractivity contribution < 1.29 is 28.6 Å². The Balaban J connectivity index is 1.57. The van der Waals surface area contributed by atoms with Crippen LogP contribution in [0.2, 0.25) is 5.02 Å². The average molecular weight is 447 g/mol. The van der Waals surface area contributed by atoms with Gasteiger partial charge in [-0.05, 0) is 36.4 Å². The van der Waals surface area contributed by atoms with Gasteiger partial charge in [0.2, 0.25) is 0 Å². The number of carboxylic acids is 1. The quantitative estimate of drug-likeness (QED) is 0.783. The van der Waals surface area contributed by atoms with Crippen molar-refractivity contribution in [1.82, 2.24) is 9.80 Å². The zero-order valence-electron chi connectivity index (χ0n) is 16.5. The number of amides is 2. The lowest BCUT2D eigenvalue weighted by molar-refractivity contribution is -0.143. The van der Waals surface area contributed by atoms with Crippen LogP contribution in [0, 0.1) is 5.82 Å². The van der Waals surface area contributed by atoms with Gasteiger partial charge in [-0.3, -0.25) is 14.5 Å². The molecule has 31 heavy (non-hydrogen) atoms. The molecular weight excluding hydrogens is 427 g/mol. The van der Waals surface area contributed by atoms with Crippen LogP contribution in [-0.2, 0) is 9.53 Å². The topological polar surface area (TPSA) is 87.2 Å². The van der Waals surface area contributed by atoms with E-state index in [0.717, 1.165) is 12.1 Å². The summed E-state index contributed by atoms with van der Waals surface area (Å²) in [5, 5.41) is 9.99. The van der Waals surface area contributed by atoms with Crippen LogP contribution < -0.4 is 0 Å². The summed E-state index contributed by atoms with van der Waals surface area (Å²) >= 11 is 6.14. The van der Waals surface area contributed by atoms with Gasteiger partial charge in [0, 0.05) is 31.5 Å². The normalized spacial score (nSPS) is 20.1. The minimum absolute atomic E-state index is 0.152. The number of likely N-dealkylation sites (tertiary alicyclic amines) is 1. The number of benzene rings is 2. The molecule has 0 saturated carbocycles. The van der Waals surface area contributed by atoms with Crippen LogP contribution >= 0.6 is 11.6 Å². The van der Waals surface area contributed by atoms with Crippen molar-refractivity contribution in [2.75, 3.05) is 19.7 Å². The number of halogens is 2. The van der Waals surface area contributed by atoms with Gasteiger partial charge in [-0.1, -0.05) is 23.7 Å². The molecule has 162 valence electrons. The molecule has 1 N–H and O–H groups in total. The predicted molar refractivity (Wildman–Crippen MR) is 109 cm³/mol. The van der Waals surface area contributed by atoms with Gasteiger partial charge < -0.3 is 14.7 Å². The maximum absolute atomic E-state index is 13.3. The van der Waals surface area contributed by atoms with Crippen molar-refractivity contribution in [3.8, 4) is 0 Å². The molecule has 1 unspecified atom stereocenters. The van der Waals surface area contributed by atoms with E-state index < -0.39 is 29.5 Å². The molecular formula is C22H20ClFN2O5. The molecule has 1 spiro atoms. The first-order valence-corrected chi connectivity index (χ1v) is 10.2. The van der Waals surface area contributed by atoms with Gasteiger partial charge >= 0.3 is 5.97 Å². The number of nitrogens with zero attached hydrogens (tertiary/aromatic N) is 2. The smallest absolute Gasteiger partial charge is 0.328 e. The monoisotopic (exact) mass is 446 g/mol. The second-order valence-corrected chi connectivity index (χ2v) is 7.97. The summed E-state index contributed by atoms with van der Waals surface area (Å²) in [7, 11) is 0. The molecule has 2 amide bonds. The highest BCUT2D eigenvalue weighted by molar-refractivity contribution is 6.33. The van der Waals surface area contributed by atoms with Crippen LogP contribution in [0.4, 0.5) is 4.39 Å². The fourth-order valence-corrected chi connectivity index (χ4v) is 4.37. The second-order valence-electron chi connectivity index (χ2n) is 7.57. The molecule has 1 atom stereocenters. The van der Waals surface area contributed by atoms with Crippen LogP contribution in [0.25, 0.3) is 0 Å². The van der Waals surface area contributed by atoms with E-state index >= 15 is 0 Å². The molecule has 2 aromatic carbocycles. The van der Waals surface area contributed by atoms with Crippen LogP contribution in [-0.4, -0.2) is 64.2 Å². The summed E-state index contributed by atoms with van der Waals surface area (Å²) in [5.74, 6) is -2.45. The molecule has 0 bridgehead atoms. The number of carbonyl (C=O) groups excluding carboxylic acids is 2. The lowest BCUT2D eigenvalue weighted by atomic mass is 9.96. The lowest BCUT2D eigenvalue weighted by Crippen LogP contribution is -2.58. The third-order valence-corrected chi connectivity index (χ3v) is 6.12. The minimum Gasteiger partial charge on any atom is -0.480 e. The van der Waals surface area contributed by atoms with Gasteiger partial charge in [-0.2, -0.15) is 0 Å². The second kappa shape index (κ2) is 8.28. The van der Waals surface area contributed by atoms with Gasteiger partial charge in [0.05, 0.1) is 17.2 Å². The van der Waals surface area contributed by atoms with Gasteiger partial charge in [-0.15, -0.1) is 0 Å². The average Bonchev–Trinajstić information content (AvgIpc) is 3.13. The lowest BCUT2D eigenvalue weighted by Gasteiger charge is -2.44. The van der Waals surface area contributed by atoms with Crippen molar-refractivity contribution in [1.29, 1.82) is 0 Å². The van der Waals surface area contributed by atoms with Crippen LogP contribution in [0.3, 0.4) is 0 Å². The SMILES string of the molecule is O=C(O)C1COC2(CCN(C(=O)c3ccccc3Cl)CC2)N1C(=O)c1ccc(F)cc1. The molecule has 2 heterocycles. The number of piperidine rings is 1. The Hall–Kier alpha value is -2.97. The molecule has 0 aromatic heterocycles. The Morgan fingerprint density at radius 3 is 2.29 bits per heavy atom. The molecule has 2 aromatic rings. The number of aliphatic carboxylic acids is 1. The van der Waals surface area contributed by atoms with E-state index in [0.29, 0.717) is 10.6 Å². The van der Waals surface area contributed by atoms with Gasteiger partial charge in [-0.25, -0.2) is 9.18 Å². The number of hydrogen-bond donors (Lipinski definition) is 1. The van der Waals surface area contributed by atoms with Crippen LogP contribution in [0.5, 0.6) is 0 Å². The zero-order chi connectivity index (χ0) is 22.2. The van der Waals surface area contributed by atoms with Crippen LogP contribution in [0.15, 0.2) is 48.5 Å². The van der Waals surface area contributed by atoms with E-state index in [1.165, 1.54) is 17.0 Å². The Labute approximate surface area is 183 Å². The molecule has 9 heteroatoms. The predicted octanol–water partition coefficient (Wildman–Crippen LogP) is 3.04. The van der Waals surface area contributed by atoms with E-state index in [-0.39, 0.29) is 44.0 Å². The molecule has 2 fully saturated rings. The van der Waals surface area contributed by atoms with Crippen molar-refractivity contribution in [3.05, 3.63) is 70.5 Å². The maximum Gasteiger partial charge on any atom is 0.328 e. The summed E-state index contributed by atoms with van der Waals surface area (Å²) < 4.78 is 19.2.